The lowest BCUT2D eigenvalue weighted by Gasteiger charge is -2.05. The number of nitrogens with zero attached hydrogens (tertiary/aromatic N) is 4. The van der Waals surface area contributed by atoms with Crippen molar-refractivity contribution >= 4 is 27.5 Å². The molecule has 0 aliphatic rings. The van der Waals surface area contributed by atoms with E-state index in [1.807, 2.05) is 36.7 Å². The number of nitrogens with one attached hydrogen (secondary N) is 1. The summed E-state index contributed by atoms with van der Waals surface area (Å²) in [6.45, 7) is 5.14. The minimum atomic E-state index is 0.0414. The van der Waals surface area contributed by atoms with E-state index in [0.717, 1.165) is 33.9 Å². The smallest absolute Gasteiger partial charge is 0.220 e. The van der Waals surface area contributed by atoms with Gasteiger partial charge in [-0.15, -0.1) is 11.3 Å². The van der Waals surface area contributed by atoms with Gasteiger partial charge in [-0.2, -0.15) is 10.4 Å². The van der Waals surface area contributed by atoms with Crippen LogP contribution in [-0.2, 0) is 24.2 Å². The van der Waals surface area contributed by atoms with Gasteiger partial charge >= 0.3 is 0 Å². The molecule has 3 rings (SSSR count). The molecule has 0 atom stereocenters. The van der Waals surface area contributed by atoms with Crippen LogP contribution in [0.15, 0.2) is 24.3 Å². The van der Waals surface area contributed by atoms with Crippen LogP contribution in [0.5, 0.6) is 0 Å². The molecule has 0 unspecified atom stereocenters. The molecular formula is C20H23N5OS. The summed E-state index contributed by atoms with van der Waals surface area (Å²) in [5, 5.41) is 17.2. The number of rotatable bonds is 8. The predicted molar refractivity (Wildman–Crippen MR) is 107 cm³/mol. The van der Waals surface area contributed by atoms with Crippen molar-refractivity contribution < 1.29 is 4.79 Å². The highest BCUT2D eigenvalue weighted by atomic mass is 32.1. The standard InChI is InChI=1S/C20H23N5OS/c1-14-16(15(2)25(24-14)13-5-11-21)8-9-19(26)22-12-10-20-23-17-6-3-4-7-18(17)27-20/h3-4,6-7H,5,8-10,12-13H2,1-2H3,(H,22,26). The Hall–Kier alpha value is -2.72. The summed E-state index contributed by atoms with van der Waals surface area (Å²) in [5.74, 6) is 0.0414. The van der Waals surface area contributed by atoms with E-state index < -0.39 is 0 Å². The number of aromatic nitrogens is 3. The van der Waals surface area contributed by atoms with Crippen LogP contribution in [0.2, 0.25) is 0 Å². The van der Waals surface area contributed by atoms with Crippen molar-refractivity contribution in [1.82, 2.24) is 20.1 Å². The third kappa shape index (κ3) is 4.72. The number of carbonyl (C=O) groups is 1. The Morgan fingerprint density at radius 2 is 2.11 bits per heavy atom. The van der Waals surface area contributed by atoms with E-state index in [9.17, 15) is 4.79 Å². The van der Waals surface area contributed by atoms with Crippen LogP contribution >= 0.6 is 11.3 Å². The van der Waals surface area contributed by atoms with E-state index in [2.05, 4.69) is 27.5 Å². The summed E-state index contributed by atoms with van der Waals surface area (Å²) in [7, 11) is 0. The fourth-order valence-electron chi connectivity index (χ4n) is 3.13. The second kappa shape index (κ2) is 8.78. The number of hydrogen-bond acceptors (Lipinski definition) is 5. The number of thiazole rings is 1. The zero-order chi connectivity index (χ0) is 19.2. The second-order valence-electron chi connectivity index (χ2n) is 6.46. The van der Waals surface area contributed by atoms with Gasteiger partial charge in [0.25, 0.3) is 0 Å². The number of amides is 1. The van der Waals surface area contributed by atoms with E-state index in [1.165, 1.54) is 4.70 Å². The highest BCUT2D eigenvalue weighted by Gasteiger charge is 2.13. The van der Waals surface area contributed by atoms with Gasteiger partial charge in [-0.3, -0.25) is 9.48 Å². The maximum Gasteiger partial charge on any atom is 0.220 e. The van der Waals surface area contributed by atoms with Crippen molar-refractivity contribution in [3.05, 3.63) is 46.2 Å². The van der Waals surface area contributed by atoms with Gasteiger partial charge in [0.05, 0.1) is 40.0 Å². The van der Waals surface area contributed by atoms with Gasteiger partial charge in [0.15, 0.2) is 0 Å². The van der Waals surface area contributed by atoms with E-state index in [1.54, 1.807) is 11.3 Å². The quantitative estimate of drug-likeness (QED) is 0.649. The molecule has 2 heterocycles. The third-order valence-electron chi connectivity index (χ3n) is 4.57. The molecule has 27 heavy (non-hydrogen) atoms. The largest absolute Gasteiger partial charge is 0.356 e. The molecule has 0 radical (unpaired) electrons. The maximum absolute atomic E-state index is 12.2. The molecular weight excluding hydrogens is 358 g/mol. The Kier molecular flexibility index (Phi) is 6.20. The van der Waals surface area contributed by atoms with E-state index in [4.69, 9.17) is 5.26 Å². The summed E-state index contributed by atoms with van der Waals surface area (Å²) < 4.78 is 3.04. The molecule has 0 fully saturated rings. The van der Waals surface area contributed by atoms with Crippen LogP contribution in [0.4, 0.5) is 0 Å². The first-order valence-electron chi connectivity index (χ1n) is 9.09. The zero-order valence-corrected chi connectivity index (χ0v) is 16.5. The summed E-state index contributed by atoms with van der Waals surface area (Å²) in [5.41, 5.74) is 4.11. The van der Waals surface area contributed by atoms with Crippen LogP contribution in [0, 0.1) is 25.2 Å². The number of fused-ring (bicyclic) bond motifs is 1. The van der Waals surface area contributed by atoms with E-state index in [0.29, 0.717) is 32.4 Å². The number of para-hydroxylation sites is 1. The summed E-state index contributed by atoms with van der Waals surface area (Å²) in [6, 6.07) is 10.2. The molecule has 0 saturated heterocycles. The molecule has 1 N–H and O–H groups in total. The average molecular weight is 382 g/mol. The minimum Gasteiger partial charge on any atom is -0.356 e. The molecule has 0 saturated carbocycles. The number of aryl methyl sites for hydroxylation is 2. The summed E-state index contributed by atoms with van der Waals surface area (Å²) >= 11 is 1.68. The van der Waals surface area contributed by atoms with Gasteiger partial charge in [0.2, 0.25) is 5.91 Å². The SMILES string of the molecule is Cc1nn(CCC#N)c(C)c1CCC(=O)NCCc1nc2ccccc2s1. The fraction of sp³-hybridized carbons (Fsp3) is 0.400. The van der Waals surface area contributed by atoms with E-state index >= 15 is 0 Å². The monoisotopic (exact) mass is 381 g/mol. The number of carbonyl (C=O) groups excluding carboxylic acids is 1. The molecule has 140 valence electrons. The van der Waals surface area contributed by atoms with Crippen molar-refractivity contribution in [1.29, 1.82) is 5.26 Å². The minimum absolute atomic E-state index is 0.0414. The molecule has 3 aromatic rings. The highest BCUT2D eigenvalue weighted by Crippen LogP contribution is 2.21. The van der Waals surface area contributed by atoms with Gasteiger partial charge in [-0.1, -0.05) is 12.1 Å². The van der Waals surface area contributed by atoms with Gasteiger partial charge < -0.3 is 5.32 Å². The van der Waals surface area contributed by atoms with Crippen molar-refractivity contribution in [3.8, 4) is 6.07 Å². The Labute approximate surface area is 162 Å². The molecule has 1 aromatic carbocycles. The molecule has 0 bridgehead atoms. The predicted octanol–water partition coefficient (Wildman–Crippen LogP) is 3.31. The lowest BCUT2D eigenvalue weighted by molar-refractivity contribution is -0.121. The van der Waals surface area contributed by atoms with E-state index in [-0.39, 0.29) is 5.91 Å². The molecule has 1 amide bonds. The van der Waals surface area contributed by atoms with Crippen molar-refractivity contribution in [2.24, 2.45) is 0 Å². The first-order chi connectivity index (χ1) is 13.1. The molecule has 2 aromatic heterocycles. The van der Waals surface area contributed by atoms with Crippen molar-refractivity contribution in [3.63, 3.8) is 0 Å². The maximum atomic E-state index is 12.2. The lowest BCUT2D eigenvalue weighted by atomic mass is 10.1. The Morgan fingerprint density at radius 3 is 2.89 bits per heavy atom. The van der Waals surface area contributed by atoms with Crippen LogP contribution in [-0.4, -0.2) is 27.2 Å². The number of hydrogen-bond donors (Lipinski definition) is 1. The Bertz CT molecular complexity index is 949. The van der Waals surface area contributed by atoms with Crippen LogP contribution < -0.4 is 5.32 Å². The molecule has 7 heteroatoms. The van der Waals surface area contributed by atoms with Crippen LogP contribution in [0.1, 0.15) is 34.8 Å². The first-order valence-corrected chi connectivity index (χ1v) is 9.91. The third-order valence-corrected chi connectivity index (χ3v) is 5.66. The van der Waals surface area contributed by atoms with Crippen molar-refractivity contribution in [2.45, 2.75) is 46.1 Å². The average Bonchev–Trinajstić information content (AvgIpc) is 3.18. The molecule has 0 aliphatic heterocycles. The highest BCUT2D eigenvalue weighted by molar-refractivity contribution is 7.18. The molecule has 0 spiro atoms. The van der Waals surface area contributed by atoms with Gasteiger partial charge in [-0.05, 0) is 38.0 Å². The van der Waals surface area contributed by atoms with Crippen LogP contribution in [0.25, 0.3) is 10.2 Å². The van der Waals surface area contributed by atoms with Gasteiger partial charge in [0.1, 0.15) is 0 Å². The topological polar surface area (TPSA) is 83.6 Å². The van der Waals surface area contributed by atoms with Gasteiger partial charge in [0, 0.05) is 25.1 Å². The Balaban J connectivity index is 1.47. The lowest BCUT2D eigenvalue weighted by Crippen LogP contribution is -2.25. The molecule has 6 nitrogen and oxygen atoms in total. The summed E-state index contributed by atoms with van der Waals surface area (Å²) in [6.07, 6.45) is 2.28. The normalized spacial score (nSPS) is 10.9. The van der Waals surface area contributed by atoms with Crippen molar-refractivity contribution in [2.75, 3.05) is 6.54 Å². The number of benzene rings is 1. The first kappa shape index (κ1) is 19.1. The van der Waals surface area contributed by atoms with Crippen LogP contribution in [0.3, 0.4) is 0 Å². The Morgan fingerprint density at radius 1 is 1.30 bits per heavy atom. The number of nitriles is 1. The second-order valence-corrected chi connectivity index (χ2v) is 7.57. The molecule has 0 aliphatic carbocycles. The summed E-state index contributed by atoms with van der Waals surface area (Å²) in [4.78, 5) is 16.8. The fourth-order valence-corrected chi connectivity index (χ4v) is 4.10. The zero-order valence-electron chi connectivity index (χ0n) is 15.7. The van der Waals surface area contributed by atoms with Gasteiger partial charge in [-0.25, -0.2) is 4.98 Å².